The molecule has 0 bridgehead atoms. The summed E-state index contributed by atoms with van der Waals surface area (Å²) in [5, 5.41) is 18.7. The van der Waals surface area contributed by atoms with Gasteiger partial charge in [0.2, 0.25) is 0 Å². The van der Waals surface area contributed by atoms with Crippen LogP contribution in [0.15, 0.2) is 29.2 Å². The normalized spacial score (nSPS) is 26.6. The molecular formula is C23H32N6O2. The van der Waals surface area contributed by atoms with E-state index in [2.05, 4.69) is 20.2 Å². The van der Waals surface area contributed by atoms with Crippen LogP contribution in [-0.2, 0) is 0 Å². The van der Waals surface area contributed by atoms with Gasteiger partial charge in [-0.25, -0.2) is 14.6 Å². The third kappa shape index (κ3) is 4.59. The summed E-state index contributed by atoms with van der Waals surface area (Å²) in [6.07, 6.45) is 10.7. The van der Waals surface area contributed by atoms with Crippen molar-refractivity contribution in [2.75, 3.05) is 23.3 Å². The Labute approximate surface area is 182 Å². The quantitative estimate of drug-likeness (QED) is 0.736. The summed E-state index contributed by atoms with van der Waals surface area (Å²) >= 11 is 0. The summed E-state index contributed by atoms with van der Waals surface area (Å²) in [5.41, 5.74) is -0.130. The summed E-state index contributed by atoms with van der Waals surface area (Å²) in [6.45, 7) is 1.69. The van der Waals surface area contributed by atoms with Crippen molar-refractivity contribution in [3.63, 3.8) is 0 Å². The average molecular weight is 425 g/mol. The number of nitrogens with one attached hydrogen (secondary N) is 1. The first-order valence-corrected chi connectivity index (χ1v) is 11.8. The van der Waals surface area contributed by atoms with Crippen molar-refractivity contribution in [1.82, 2.24) is 19.7 Å². The number of anilines is 2. The second kappa shape index (κ2) is 8.94. The summed E-state index contributed by atoms with van der Waals surface area (Å²) in [6, 6.07) is 5.44. The minimum atomic E-state index is -0.494. The molecule has 8 nitrogen and oxygen atoms in total. The molecule has 3 unspecified atom stereocenters. The van der Waals surface area contributed by atoms with Crippen LogP contribution in [0, 0.1) is 0 Å². The Balaban J connectivity index is 1.32. The second-order valence-electron chi connectivity index (χ2n) is 9.19. The SMILES string of the molecule is O=c1ccc(N2CCCCC2CNc2ccnc(C3CC3)n2)nn1C1CCCCC1O. The van der Waals surface area contributed by atoms with E-state index in [0.29, 0.717) is 5.92 Å². The minimum absolute atomic E-state index is 0.130. The molecule has 2 saturated carbocycles. The molecule has 2 aromatic heterocycles. The molecule has 0 spiro atoms. The van der Waals surface area contributed by atoms with E-state index in [1.165, 1.54) is 23.9 Å². The van der Waals surface area contributed by atoms with E-state index in [1.54, 1.807) is 6.07 Å². The van der Waals surface area contributed by atoms with E-state index in [-0.39, 0.29) is 17.6 Å². The van der Waals surface area contributed by atoms with Crippen LogP contribution < -0.4 is 15.8 Å². The highest BCUT2D eigenvalue weighted by Crippen LogP contribution is 2.38. The number of rotatable bonds is 6. The van der Waals surface area contributed by atoms with Crippen LogP contribution in [0.1, 0.15) is 75.6 Å². The predicted octanol–water partition coefficient (Wildman–Crippen LogP) is 2.86. The molecular weight excluding hydrogens is 392 g/mol. The van der Waals surface area contributed by atoms with Gasteiger partial charge in [0.1, 0.15) is 17.5 Å². The zero-order chi connectivity index (χ0) is 21.2. The Morgan fingerprint density at radius 2 is 1.87 bits per heavy atom. The van der Waals surface area contributed by atoms with Crippen LogP contribution in [0.25, 0.3) is 0 Å². The van der Waals surface area contributed by atoms with Crippen LogP contribution in [0.5, 0.6) is 0 Å². The molecule has 3 atom stereocenters. The van der Waals surface area contributed by atoms with E-state index in [1.807, 2.05) is 18.3 Å². The van der Waals surface area contributed by atoms with Gasteiger partial charge in [0.15, 0.2) is 0 Å². The van der Waals surface area contributed by atoms with Gasteiger partial charge in [-0.3, -0.25) is 4.79 Å². The van der Waals surface area contributed by atoms with Gasteiger partial charge in [0.05, 0.1) is 12.1 Å². The summed E-state index contributed by atoms with van der Waals surface area (Å²) in [4.78, 5) is 23.9. The maximum atomic E-state index is 12.5. The lowest BCUT2D eigenvalue weighted by Gasteiger charge is -2.37. The maximum absolute atomic E-state index is 12.5. The van der Waals surface area contributed by atoms with Crippen LogP contribution in [0.2, 0.25) is 0 Å². The fourth-order valence-corrected chi connectivity index (χ4v) is 4.93. The van der Waals surface area contributed by atoms with Gasteiger partial charge in [0, 0.05) is 37.3 Å². The fourth-order valence-electron chi connectivity index (χ4n) is 4.93. The molecule has 0 aromatic carbocycles. The number of piperidine rings is 1. The molecule has 2 aliphatic carbocycles. The molecule has 3 heterocycles. The van der Waals surface area contributed by atoms with Gasteiger partial charge >= 0.3 is 0 Å². The summed E-state index contributed by atoms with van der Waals surface area (Å²) in [5.74, 6) is 3.19. The van der Waals surface area contributed by atoms with Gasteiger partial charge in [-0.1, -0.05) is 12.8 Å². The Kier molecular flexibility index (Phi) is 5.89. The Morgan fingerprint density at radius 3 is 2.71 bits per heavy atom. The third-order valence-electron chi connectivity index (χ3n) is 6.88. The highest BCUT2D eigenvalue weighted by atomic mass is 16.3. The van der Waals surface area contributed by atoms with Gasteiger partial charge < -0.3 is 15.3 Å². The average Bonchev–Trinajstić information content (AvgIpc) is 3.65. The maximum Gasteiger partial charge on any atom is 0.267 e. The predicted molar refractivity (Wildman–Crippen MR) is 119 cm³/mol. The monoisotopic (exact) mass is 424 g/mol. The van der Waals surface area contributed by atoms with Crippen molar-refractivity contribution in [2.45, 2.75) is 81.9 Å². The van der Waals surface area contributed by atoms with Crippen LogP contribution >= 0.6 is 0 Å². The van der Waals surface area contributed by atoms with Crippen molar-refractivity contribution in [1.29, 1.82) is 0 Å². The summed E-state index contributed by atoms with van der Waals surface area (Å²) < 4.78 is 1.53. The fraction of sp³-hybridized carbons (Fsp3) is 0.652. The molecule has 3 aliphatic rings. The molecule has 3 fully saturated rings. The standard InChI is InChI=1S/C23H32N6O2/c30-19-7-2-1-6-18(19)29-22(31)11-10-21(27-29)28-14-4-3-5-17(28)15-25-20-12-13-24-23(26-20)16-8-9-16/h10-13,16-19,30H,1-9,14-15H2,(H,24,25,26). The Bertz CT molecular complexity index is 959. The lowest BCUT2D eigenvalue weighted by Crippen LogP contribution is -2.45. The number of hydrogen-bond donors (Lipinski definition) is 2. The lowest BCUT2D eigenvalue weighted by molar-refractivity contribution is 0.0669. The van der Waals surface area contributed by atoms with Crippen LogP contribution in [-0.4, -0.2) is 50.1 Å². The number of aromatic nitrogens is 4. The van der Waals surface area contributed by atoms with E-state index in [9.17, 15) is 9.90 Å². The highest BCUT2D eigenvalue weighted by Gasteiger charge is 2.29. The first-order chi connectivity index (χ1) is 15.2. The third-order valence-corrected chi connectivity index (χ3v) is 6.88. The minimum Gasteiger partial charge on any atom is -0.391 e. The van der Waals surface area contributed by atoms with Crippen molar-refractivity contribution in [3.05, 3.63) is 40.6 Å². The largest absolute Gasteiger partial charge is 0.391 e. The van der Waals surface area contributed by atoms with Crippen molar-refractivity contribution < 1.29 is 5.11 Å². The zero-order valence-electron chi connectivity index (χ0n) is 18.0. The molecule has 0 amide bonds. The first kappa shape index (κ1) is 20.4. The number of nitrogens with zero attached hydrogens (tertiary/aromatic N) is 5. The Morgan fingerprint density at radius 1 is 1.03 bits per heavy atom. The molecule has 1 aliphatic heterocycles. The number of aliphatic hydroxyl groups excluding tert-OH is 1. The molecule has 8 heteroatoms. The highest BCUT2D eigenvalue weighted by molar-refractivity contribution is 5.41. The van der Waals surface area contributed by atoms with Crippen molar-refractivity contribution >= 4 is 11.6 Å². The van der Waals surface area contributed by atoms with Gasteiger partial charge in [-0.2, -0.15) is 5.10 Å². The van der Waals surface area contributed by atoms with Gasteiger partial charge in [0.25, 0.3) is 5.56 Å². The topological polar surface area (TPSA) is 96.2 Å². The second-order valence-corrected chi connectivity index (χ2v) is 9.19. The van der Waals surface area contributed by atoms with Crippen LogP contribution in [0.3, 0.4) is 0 Å². The lowest BCUT2D eigenvalue weighted by atomic mass is 9.93. The zero-order valence-corrected chi connectivity index (χ0v) is 18.0. The summed E-state index contributed by atoms with van der Waals surface area (Å²) in [7, 11) is 0. The smallest absolute Gasteiger partial charge is 0.267 e. The van der Waals surface area contributed by atoms with Crippen LogP contribution in [0.4, 0.5) is 11.6 Å². The molecule has 5 rings (SSSR count). The molecule has 2 aromatic rings. The van der Waals surface area contributed by atoms with E-state index in [0.717, 1.165) is 69.1 Å². The molecule has 31 heavy (non-hydrogen) atoms. The van der Waals surface area contributed by atoms with Gasteiger partial charge in [-0.15, -0.1) is 0 Å². The first-order valence-electron chi connectivity index (χ1n) is 11.8. The number of aliphatic hydroxyl groups is 1. The molecule has 166 valence electrons. The van der Waals surface area contributed by atoms with E-state index < -0.39 is 6.10 Å². The van der Waals surface area contributed by atoms with E-state index in [4.69, 9.17) is 5.10 Å². The van der Waals surface area contributed by atoms with E-state index >= 15 is 0 Å². The molecule has 0 radical (unpaired) electrons. The van der Waals surface area contributed by atoms with Crippen molar-refractivity contribution in [3.8, 4) is 0 Å². The Hall–Kier alpha value is -2.48. The van der Waals surface area contributed by atoms with Crippen molar-refractivity contribution in [2.24, 2.45) is 0 Å². The number of hydrogen-bond acceptors (Lipinski definition) is 7. The molecule has 1 saturated heterocycles. The van der Waals surface area contributed by atoms with Gasteiger partial charge in [-0.05, 0) is 57.1 Å². The molecule has 2 N–H and O–H groups in total.